The van der Waals surface area contributed by atoms with E-state index in [4.69, 9.17) is 21.1 Å². The fourth-order valence-corrected chi connectivity index (χ4v) is 4.40. The monoisotopic (exact) mass is 480 g/mol. The van der Waals surface area contributed by atoms with Gasteiger partial charge < -0.3 is 14.8 Å². The fourth-order valence-electron chi connectivity index (χ4n) is 4.27. The molecule has 2 aromatic carbocycles. The van der Waals surface area contributed by atoms with E-state index in [1.54, 1.807) is 32.8 Å². The van der Waals surface area contributed by atoms with Crippen LogP contribution in [0, 0.1) is 5.92 Å². The Morgan fingerprint density at radius 1 is 1.09 bits per heavy atom. The van der Waals surface area contributed by atoms with Gasteiger partial charge in [0.1, 0.15) is 11.5 Å². The standard InChI is InChI=1S/C26H29ClN4O3/c1-33-22-13-18(14-23(15-22)34-2)17-31-11-7-20(8-12-31)26(32)30-25(24-16-28-9-10-29-24)19-3-5-21(27)6-4-19/h3-6,9-10,13-16,20,25H,7-8,11-12,17H2,1-2H3,(H,30,32). The Kier molecular flexibility index (Phi) is 7.98. The van der Waals surface area contributed by atoms with E-state index in [1.165, 1.54) is 0 Å². The van der Waals surface area contributed by atoms with Crippen molar-refractivity contribution in [3.63, 3.8) is 0 Å². The molecule has 0 bridgehead atoms. The Morgan fingerprint density at radius 2 is 1.76 bits per heavy atom. The molecule has 2 heterocycles. The van der Waals surface area contributed by atoms with E-state index in [2.05, 4.69) is 20.2 Å². The zero-order valence-electron chi connectivity index (χ0n) is 19.4. The molecule has 0 saturated carbocycles. The number of rotatable bonds is 8. The van der Waals surface area contributed by atoms with Gasteiger partial charge in [0.15, 0.2) is 0 Å². The topological polar surface area (TPSA) is 76.6 Å². The van der Waals surface area contributed by atoms with Crippen LogP contribution in [0.15, 0.2) is 61.1 Å². The van der Waals surface area contributed by atoms with Gasteiger partial charge in [-0.25, -0.2) is 0 Å². The van der Waals surface area contributed by atoms with Crippen molar-refractivity contribution in [2.75, 3.05) is 27.3 Å². The molecule has 0 radical (unpaired) electrons. The summed E-state index contributed by atoms with van der Waals surface area (Å²) in [7, 11) is 3.31. The molecule has 3 aromatic rings. The number of carbonyl (C=O) groups is 1. The van der Waals surface area contributed by atoms with Crippen molar-refractivity contribution in [1.82, 2.24) is 20.2 Å². The number of methoxy groups -OCH3 is 2. The molecule has 8 heteroatoms. The van der Waals surface area contributed by atoms with Gasteiger partial charge in [0.2, 0.25) is 5.91 Å². The van der Waals surface area contributed by atoms with Crippen LogP contribution in [0.5, 0.6) is 11.5 Å². The average Bonchev–Trinajstić information content (AvgIpc) is 2.88. The van der Waals surface area contributed by atoms with Gasteiger partial charge in [-0.05, 0) is 61.3 Å². The summed E-state index contributed by atoms with van der Waals surface area (Å²) in [5.41, 5.74) is 2.75. The largest absolute Gasteiger partial charge is 0.497 e. The van der Waals surface area contributed by atoms with E-state index in [0.29, 0.717) is 10.7 Å². The Bertz CT molecular complexity index is 1060. The highest BCUT2D eigenvalue weighted by atomic mass is 35.5. The minimum absolute atomic E-state index is 0.0355. The predicted molar refractivity (Wildman–Crippen MR) is 131 cm³/mol. The number of piperidine rings is 1. The summed E-state index contributed by atoms with van der Waals surface area (Å²) in [6, 6.07) is 13.0. The molecule has 1 atom stereocenters. The summed E-state index contributed by atoms with van der Waals surface area (Å²) in [5.74, 6) is 1.54. The molecular weight excluding hydrogens is 452 g/mol. The second kappa shape index (κ2) is 11.3. The van der Waals surface area contributed by atoms with Crippen LogP contribution in [0.2, 0.25) is 5.02 Å². The number of halogens is 1. The third-order valence-corrected chi connectivity index (χ3v) is 6.40. The van der Waals surface area contributed by atoms with E-state index in [0.717, 1.165) is 55.1 Å². The first-order valence-corrected chi connectivity index (χ1v) is 11.7. The molecule has 1 aliphatic heterocycles. The Morgan fingerprint density at radius 3 is 2.35 bits per heavy atom. The first kappa shape index (κ1) is 24.0. The quantitative estimate of drug-likeness (QED) is 0.519. The highest BCUT2D eigenvalue weighted by molar-refractivity contribution is 6.30. The highest BCUT2D eigenvalue weighted by Gasteiger charge is 2.28. The van der Waals surface area contributed by atoms with E-state index in [9.17, 15) is 4.79 Å². The summed E-state index contributed by atoms with van der Waals surface area (Å²) in [5, 5.41) is 3.84. The number of likely N-dealkylation sites (tertiary alicyclic amines) is 1. The molecule has 34 heavy (non-hydrogen) atoms. The van der Waals surface area contributed by atoms with Crippen LogP contribution in [-0.2, 0) is 11.3 Å². The number of aromatic nitrogens is 2. The number of nitrogens with zero attached hydrogens (tertiary/aromatic N) is 3. The number of hydrogen-bond donors (Lipinski definition) is 1. The average molecular weight is 481 g/mol. The molecule has 1 N–H and O–H groups in total. The molecule has 1 amide bonds. The summed E-state index contributed by atoms with van der Waals surface area (Å²) < 4.78 is 10.8. The molecule has 178 valence electrons. The maximum Gasteiger partial charge on any atom is 0.224 e. The van der Waals surface area contributed by atoms with E-state index in [-0.39, 0.29) is 17.9 Å². The summed E-state index contributed by atoms with van der Waals surface area (Å²) in [4.78, 5) is 24.2. The van der Waals surface area contributed by atoms with Crippen molar-refractivity contribution in [1.29, 1.82) is 0 Å². The van der Waals surface area contributed by atoms with Gasteiger partial charge in [-0.2, -0.15) is 0 Å². The van der Waals surface area contributed by atoms with Crippen LogP contribution in [-0.4, -0.2) is 48.1 Å². The van der Waals surface area contributed by atoms with Crippen LogP contribution in [0.25, 0.3) is 0 Å². The molecule has 1 fully saturated rings. The summed E-state index contributed by atoms with van der Waals surface area (Å²) in [6.45, 7) is 2.47. The Labute approximate surface area is 205 Å². The SMILES string of the molecule is COc1cc(CN2CCC(C(=O)NC(c3ccc(Cl)cc3)c3cnccn3)CC2)cc(OC)c1. The van der Waals surface area contributed by atoms with Gasteiger partial charge in [0.25, 0.3) is 0 Å². The maximum absolute atomic E-state index is 13.2. The predicted octanol–water partition coefficient (Wildman–Crippen LogP) is 4.27. The van der Waals surface area contributed by atoms with E-state index < -0.39 is 0 Å². The molecule has 0 spiro atoms. The van der Waals surface area contributed by atoms with Gasteiger partial charge in [-0.3, -0.25) is 19.7 Å². The van der Waals surface area contributed by atoms with E-state index >= 15 is 0 Å². The van der Waals surface area contributed by atoms with Gasteiger partial charge in [0.05, 0.1) is 32.2 Å². The van der Waals surface area contributed by atoms with Crippen LogP contribution in [0.3, 0.4) is 0 Å². The zero-order chi connectivity index (χ0) is 23.9. The van der Waals surface area contributed by atoms with E-state index in [1.807, 2.05) is 42.5 Å². The Balaban J connectivity index is 1.39. The van der Waals surface area contributed by atoms with Gasteiger partial charge >= 0.3 is 0 Å². The number of benzene rings is 2. The molecule has 1 unspecified atom stereocenters. The number of amides is 1. The lowest BCUT2D eigenvalue weighted by molar-refractivity contribution is -0.127. The molecule has 7 nitrogen and oxygen atoms in total. The number of carbonyl (C=O) groups excluding carboxylic acids is 1. The molecule has 1 aromatic heterocycles. The second-order valence-corrected chi connectivity index (χ2v) is 8.83. The van der Waals surface area contributed by atoms with Crippen molar-refractivity contribution in [3.8, 4) is 11.5 Å². The minimum atomic E-state index is -0.374. The lowest BCUT2D eigenvalue weighted by Gasteiger charge is -2.32. The van der Waals surface area contributed by atoms with Crippen molar-refractivity contribution in [2.45, 2.75) is 25.4 Å². The zero-order valence-corrected chi connectivity index (χ0v) is 20.2. The number of nitrogens with one attached hydrogen (secondary N) is 1. The number of ether oxygens (including phenoxy) is 2. The minimum Gasteiger partial charge on any atom is -0.497 e. The maximum atomic E-state index is 13.2. The number of hydrogen-bond acceptors (Lipinski definition) is 6. The molecule has 4 rings (SSSR count). The van der Waals surface area contributed by atoms with Gasteiger partial charge in [-0.1, -0.05) is 23.7 Å². The molecule has 1 aliphatic rings. The smallest absolute Gasteiger partial charge is 0.224 e. The molecular formula is C26H29ClN4O3. The second-order valence-electron chi connectivity index (χ2n) is 8.39. The van der Waals surface area contributed by atoms with Crippen LogP contribution >= 0.6 is 11.6 Å². The lowest BCUT2D eigenvalue weighted by Crippen LogP contribution is -2.41. The van der Waals surface area contributed by atoms with Crippen LogP contribution < -0.4 is 14.8 Å². The van der Waals surface area contributed by atoms with Crippen molar-refractivity contribution in [2.24, 2.45) is 5.92 Å². The van der Waals surface area contributed by atoms with Crippen molar-refractivity contribution in [3.05, 3.63) is 82.9 Å². The third-order valence-electron chi connectivity index (χ3n) is 6.14. The lowest BCUT2D eigenvalue weighted by atomic mass is 9.94. The van der Waals surface area contributed by atoms with Crippen LogP contribution in [0.1, 0.15) is 35.7 Å². The van der Waals surface area contributed by atoms with Gasteiger partial charge in [0, 0.05) is 35.9 Å². The summed E-state index contributed by atoms with van der Waals surface area (Å²) in [6.07, 6.45) is 6.53. The first-order valence-electron chi connectivity index (χ1n) is 11.3. The van der Waals surface area contributed by atoms with Crippen molar-refractivity contribution >= 4 is 17.5 Å². The molecule has 0 aliphatic carbocycles. The molecule has 1 saturated heterocycles. The summed E-state index contributed by atoms with van der Waals surface area (Å²) >= 11 is 6.06. The van der Waals surface area contributed by atoms with Crippen LogP contribution in [0.4, 0.5) is 0 Å². The fraction of sp³-hybridized carbons (Fsp3) is 0.346. The van der Waals surface area contributed by atoms with Crippen molar-refractivity contribution < 1.29 is 14.3 Å². The Hall–Kier alpha value is -3.16. The first-order chi connectivity index (χ1) is 16.6. The third kappa shape index (κ3) is 6.04. The normalized spacial score (nSPS) is 15.5. The van der Waals surface area contributed by atoms with Gasteiger partial charge in [-0.15, -0.1) is 0 Å². The highest BCUT2D eigenvalue weighted by Crippen LogP contribution is 2.27.